The molecule has 0 spiro atoms. The van der Waals surface area contributed by atoms with Crippen molar-refractivity contribution >= 4 is 44.9 Å². The smallest absolute Gasteiger partial charge is 0.235 e. The SMILES string of the molecule is CCc1ccccc1NC(=O)C1C(=O)CC(C)(O)C(C(=O)Nc2ccccc2CC)C1c1ccc(OCc2ccc(Br)cc2)cc1. The van der Waals surface area contributed by atoms with Crippen molar-refractivity contribution in [1.82, 2.24) is 0 Å². The third-order valence-electron chi connectivity index (χ3n) is 8.73. The van der Waals surface area contributed by atoms with E-state index in [0.29, 0.717) is 42.1 Å². The highest BCUT2D eigenvalue weighted by Gasteiger charge is 2.56. The number of amides is 2. The maximum absolute atomic E-state index is 14.2. The topological polar surface area (TPSA) is 105 Å². The van der Waals surface area contributed by atoms with Crippen LogP contribution in [0.4, 0.5) is 11.4 Å². The average Bonchev–Trinajstić information content (AvgIpc) is 3.04. The first-order chi connectivity index (χ1) is 22.1. The van der Waals surface area contributed by atoms with E-state index in [4.69, 9.17) is 4.74 Å². The van der Waals surface area contributed by atoms with Crippen LogP contribution in [-0.2, 0) is 33.8 Å². The summed E-state index contributed by atoms with van der Waals surface area (Å²) in [6, 6.07) is 29.9. The highest BCUT2D eigenvalue weighted by molar-refractivity contribution is 9.10. The van der Waals surface area contributed by atoms with Gasteiger partial charge in [0, 0.05) is 28.2 Å². The lowest BCUT2D eigenvalue weighted by Gasteiger charge is -2.44. The Morgan fingerprint density at radius 1 is 0.826 bits per heavy atom. The number of aryl methyl sites for hydroxylation is 2. The summed E-state index contributed by atoms with van der Waals surface area (Å²) in [5.74, 6) is -4.05. The van der Waals surface area contributed by atoms with Crippen molar-refractivity contribution < 1.29 is 24.2 Å². The Morgan fingerprint density at radius 2 is 1.37 bits per heavy atom. The third kappa shape index (κ3) is 7.40. The molecule has 1 aliphatic rings. The average molecular weight is 684 g/mol. The van der Waals surface area contributed by atoms with Crippen molar-refractivity contribution in [2.75, 3.05) is 10.6 Å². The van der Waals surface area contributed by atoms with E-state index in [9.17, 15) is 19.5 Å². The van der Waals surface area contributed by atoms with Crippen molar-refractivity contribution in [3.63, 3.8) is 0 Å². The van der Waals surface area contributed by atoms with Crippen LogP contribution >= 0.6 is 15.9 Å². The zero-order chi connectivity index (χ0) is 32.8. The number of benzene rings is 4. The monoisotopic (exact) mass is 682 g/mol. The summed E-state index contributed by atoms with van der Waals surface area (Å²) in [5.41, 5.74) is 3.00. The second-order valence-corrected chi connectivity index (χ2v) is 12.9. The van der Waals surface area contributed by atoms with Gasteiger partial charge in [-0.15, -0.1) is 0 Å². The van der Waals surface area contributed by atoms with Gasteiger partial charge in [-0.05, 0) is 78.4 Å². The zero-order valence-corrected chi connectivity index (χ0v) is 27.8. The largest absolute Gasteiger partial charge is 0.489 e. The number of carbonyl (C=O) groups excluding carboxylic acids is 3. The predicted molar refractivity (Wildman–Crippen MR) is 184 cm³/mol. The Bertz CT molecular complexity index is 1700. The van der Waals surface area contributed by atoms with Crippen molar-refractivity contribution in [3.05, 3.63) is 124 Å². The number of hydrogen-bond donors (Lipinski definition) is 3. The standard InChI is InChI=1S/C38H39BrN2O5/c1-4-25-10-6-8-12-30(25)40-36(43)34-32(42)22-38(3,45)35(37(44)41-31-13-9-7-11-26(31)5-2)33(34)27-16-20-29(21-17-27)46-23-24-14-18-28(39)19-15-24/h6-21,33-35,45H,4-5,22-23H2,1-3H3,(H,40,43)(H,41,44). The van der Waals surface area contributed by atoms with E-state index in [-0.39, 0.29) is 6.42 Å². The number of para-hydroxylation sites is 2. The van der Waals surface area contributed by atoms with Crippen LogP contribution in [0.1, 0.15) is 55.4 Å². The van der Waals surface area contributed by atoms with Gasteiger partial charge in [-0.2, -0.15) is 0 Å². The highest BCUT2D eigenvalue weighted by Crippen LogP contribution is 2.47. The maximum Gasteiger partial charge on any atom is 0.235 e. The Kier molecular flexibility index (Phi) is 10.4. The van der Waals surface area contributed by atoms with E-state index >= 15 is 0 Å². The number of anilines is 2. The van der Waals surface area contributed by atoms with Crippen LogP contribution in [-0.4, -0.2) is 28.3 Å². The fourth-order valence-corrected chi connectivity index (χ4v) is 6.61. The molecule has 0 aromatic heterocycles. The third-order valence-corrected chi connectivity index (χ3v) is 9.26. The molecular weight excluding hydrogens is 644 g/mol. The van der Waals surface area contributed by atoms with Gasteiger partial charge in [0.2, 0.25) is 11.8 Å². The lowest BCUT2D eigenvalue weighted by atomic mass is 9.61. The molecule has 3 N–H and O–H groups in total. The number of nitrogens with one attached hydrogen (secondary N) is 2. The molecule has 0 radical (unpaired) electrons. The molecule has 0 bridgehead atoms. The first-order valence-corrected chi connectivity index (χ1v) is 16.4. The number of hydrogen-bond acceptors (Lipinski definition) is 5. The van der Waals surface area contributed by atoms with Gasteiger partial charge in [-0.1, -0.05) is 90.4 Å². The lowest BCUT2D eigenvalue weighted by Crippen LogP contribution is -2.56. The maximum atomic E-state index is 14.2. The van der Waals surface area contributed by atoms with Crippen LogP contribution < -0.4 is 15.4 Å². The zero-order valence-electron chi connectivity index (χ0n) is 26.3. The van der Waals surface area contributed by atoms with Gasteiger partial charge < -0.3 is 20.5 Å². The van der Waals surface area contributed by atoms with Gasteiger partial charge in [-0.3, -0.25) is 14.4 Å². The molecule has 46 heavy (non-hydrogen) atoms. The molecule has 2 amide bonds. The summed E-state index contributed by atoms with van der Waals surface area (Å²) < 4.78 is 6.98. The first-order valence-electron chi connectivity index (χ1n) is 15.6. The second-order valence-electron chi connectivity index (χ2n) is 12.0. The molecule has 7 nitrogen and oxygen atoms in total. The van der Waals surface area contributed by atoms with Crippen molar-refractivity contribution in [3.8, 4) is 5.75 Å². The first kappa shape index (κ1) is 33.1. The highest BCUT2D eigenvalue weighted by atomic mass is 79.9. The Morgan fingerprint density at radius 3 is 1.93 bits per heavy atom. The Hall–Kier alpha value is -4.27. The van der Waals surface area contributed by atoms with E-state index in [1.165, 1.54) is 6.92 Å². The normalized spacial score (nSPS) is 21.0. The summed E-state index contributed by atoms with van der Waals surface area (Å²) in [5, 5.41) is 17.7. The minimum Gasteiger partial charge on any atom is -0.489 e. The second kappa shape index (κ2) is 14.4. The van der Waals surface area contributed by atoms with Gasteiger partial charge in [0.05, 0.1) is 11.5 Å². The Labute approximate surface area is 278 Å². The lowest BCUT2D eigenvalue weighted by molar-refractivity contribution is -0.150. The molecule has 1 fully saturated rings. The predicted octanol–water partition coefficient (Wildman–Crippen LogP) is 7.47. The van der Waals surface area contributed by atoms with E-state index in [1.807, 2.05) is 80.6 Å². The van der Waals surface area contributed by atoms with Gasteiger partial charge in [0.1, 0.15) is 24.1 Å². The van der Waals surface area contributed by atoms with E-state index in [2.05, 4.69) is 26.6 Å². The van der Waals surface area contributed by atoms with Gasteiger partial charge >= 0.3 is 0 Å². The molecule has 5 rings (SSSR count). The van der Waals surface area contributed by atoms with Crippen LogP contribution in [0.15, 0.2) is 102 Å². The molecule has 0 saturated heterocycles. The van der Waals surface area contributed by atoms with E-state index < -0.39 is 41.0 Å². The molecule has 4 atom stereocenters. The minimum absolute atomic E-state index is 0.334. The van der Waals surface area contributed by atoms with Crippen molar-refractivity contribution in [2.45, 2.75) is 58.2 Å². The number of rotatable bonds is 10. The molecule has 238 valence electrons. The van der Waals surface area contributed by atoms with Gasteiger partial charge in [0.25, 0.3) is 0 Å². The number of carbonyl (C=O) groups is 3. The Balaban J connectivity index is 1.51. The molecule has 0 heterocycles. The molecule has 4 aromatic rings. The molecule has 4 aromatic carbocycles. The summed E-state index contributed by atoms with van der Waals surface area (Å²) in [6.07, 6.45) is 1.05. The molecule has 1 aliphatic carbocycles. The van der Waals surface area contributed by atoms with Crippen molar-refractivity contribution in [2.24, 2.45) is 11.8 Å². The number of halogens is 1. The van der Waals surface area contributed by atoms with Crippen LogP contribution in [0.3, 0.4) is 0 Å². The van der Waals surface area contributed by atoms with E-state index in [1.54, 1.807) is 30.3 Å². The number of Topliss-reactive ketones (excluding diaryl/α,β-unsaturated/α-hetero) is 1. The van der Waals surface area contributed by atoms with Crippen LogP contribution in [0.5, 0.6) is 5.75 Å². The van der Waals surface area contributed by atoms with Gasteiger partial charge in [0.15, 0.2) is 0 Å². The number of aliphatic hydroxyl groups is 1. The van der Waals surface area contributed by atoms with Crippen molar-refractivity contribution in [1.29, 1.82) is 0 Å². The van der Waals surface area contributed by atoms with Crippen LogP contribution in [0.2, 0.25) is 0 Å². The summed E-state index contributed by atoms with van der Waals surface area (Å²) >= 11 is 3.44. The van der Waals surface area contributed by atoms with Crippen LogP contribution in [0, 0.1) is 11.8 Å². The summed E-state index contributed by atoms with van der Waals surface area (Å²) in [7, 11) is 0. The minimum atomic E-state index is -1.71. The van der Waals surface area contributed by atoms with E-state index in [0.717, 1.165) is 21.2 Å². The number of ketones is 1. The molecule has 1 saturated carbocycles. The van der Waals surface area contributed by atoms with Crippen LogP contribution in [0.25, 0.3) is 0 Å². The molecular formula is C38H39BrN2O5. The fraction of sp³-hybridized carbons (Fsp3) is 0.289. The molecule has 0 aliphatic heterocycles. The fourth-order valence-electron chi connectivity index (χ4n) is 6.35. The molecule has 8 heteroatoms. The summed E-state index contributed by atoms with van der Waals surface area (Å²) in [6.45, 7) is 5.85. The molecule has 4 unspecified atom stereocenters. The summed E-state index contributed by atoms with van der Waals surface area (Å²) in [4.78, 5) is 42.0. The quantitative estimate of drug-likeness (QED) is 0.151. The number of ether oxygens (including phenoxy) is 1. The van der Waals surface area contributed by atoms with Gasteiger partial charge in [-0.25, -0.2) is 0 Å².